The first kappa shape index (κ1) is 13.6. The van der Waals surface area contributed by atoms with Crippen LogP contribution in [0.5, 0.6) is 0 Å². The van der Waals surface area contributed by atoms with Crippen LogP contribution < -0.4 is 10.6 Å². The van der Waals surface area contributed by atoms with Crippen molar-refractivity contribution in [1.29, 1.82) is 0 Å². The highest BCUT2D eigenvalue weighted by atomic mass is 35.5. The van der Waals surface area contributed by atoms with Crippen LogP contribution in [0.4, 0.5) is 5.69 Å². The van der Waals surface area contributed by atoms with Gasteiger partial charge >= 0.3 is 0 Å². The van der Waals surface area contributed by atoms with Gasteiger partial charge in [0, 0.05) is 29.6 Å². The number of halogens is 1. The molecule has 1 amide bonds. The van der Waals surface area contributed by atoms with E-state index >= 15 is 0 Å². The van der Waals surface area contributed by atoms with E-state index in [1.54, 1.807) is 24.3 Å². The van der Waals surface area contributed by atoms with Crippen LogP contribution in [0.25, 0.3) is 0 Å². The van der Waals surface area contributed by atoms with Crippen LogP contribution in [0.3, 0.4) is 0 Å². The largest absolute Gasteiger partial charge is 0.345 e. The lowest BCUT2D eigenvalue weighted by molar-refractivity contribution is -0.116. The molecule has 5 heteroatoms. The molecule has 1 aromatic carbocycles. The van der Waals surface area contributed by atoms with Gasteiger partial charge in [-0.15, -0.1) is 0 Å². The predicted molar refractivity (Wildman–Crippen MR) is 77.3 cm³/mol. The summed E-state index contributed by atoms with van der Waals surface area (Å²) in [6.45, 7) is 1.10. The number of aromatic nitrogens is 1. The molecule has 0 aliphatic heterocycles. The Hall–Kier alpha value is -1.78. The molecule has 0 atom stereocenters. The van der Waals surface area contributed by atoms with E-state index in [0.717, 1.165) is 17.8 Å². The molecule has 0 aliphatic carbocycles. The molecule has 0 saturated heterocycles. The van der Waals surface area contributed by atoms with Crippen LogP contribution in [-0.4, -0.2) is 17.5 Å². The molecule has 0 saturated carbocycles. The lowest BCUT2D eigenvalue weighted by atomic mass is 10.3. The van der Waals surface area contributed by atoms with Gasteiger partial charge in [0.1, 0.15) is 6.54 Å². The average molecular weight is 278 g/mol. The fourth-order valence-electron chi connectivity index (χ4n) is 1.80. The van der Waals surface area contributed by atoms with Gasteiger partial charge in [0.2, 0.25) is 5.91 Å². The molecule has 0 aliphatic rings. The van der Waals surface area contributed by atoms with Gasteiger partial charge < -0.3 is 15.2 Å². The minimum atomic E-state index is -0.0612. The van der Waals surface area contributed by atoms with E-state index < -0.39 is 0 Å². The number of carbonyl (C=O) groups is 1. The molecular weight excluding hydrogens is 262 g/mol. The molecule has 0 spiro atoms. The predicted octanol–water partition coefficient (Wildman–Crippen LogP) is 2.50. The van der Waals surface area contributed by atoms with Crippen LogP contribution >= 0.6 is 11.6 Å². The normalized spacial score (nSPS) is 10.4. The zero-order valence-corrected chi connectivity index (χ0v) is 11.4. The van der Waals surface area contributed by atoms with Crippen LogP contribution in [-0.2, 0) is 17.9 Å². The van der Waals surface area contributed by atoms with Crippen LogP contribution in [0.2, 0.25) is 5.02 Å². The van der Waals surface area contributed by atoms with Crippen molar-refractivity contribution in [3.63, 3.8) is 0 Å². The summed E-state index contributed by atoms with van der Waals surface area (Å²) in [5, 5.41) is 6.55. The highest BCUT2D eigenvalue weighted by Gasteiger charge is 2.04. The Morgan fingerprint density at radius 2 is 2.00 bits per heavy atom. The quantitative estimate of drug-likeness (QED) is 0.882. The standard InChI is InChI=1S/C14H16ClN3O/c1-16-8-11-6-7-18(9-11)10-14(19)17-13-4-2-12(15)3-5-13/h2-7,9,16H,8,10H2,1H3,(H,17,19). The maximum absolute atomic E-state index is 11.9. The number of hydrogen-bond donors (Lipinski definition) is 2. The van der Waals surface area contributed by atoms with Gasteiger partial charge in [-0.3, -0.25) is 4.79 Å². The van der Waals surface area contributed by atoms with Gasteiger partial charge in [0.05, 0.1) is 0 Å². The van der Waals surface area contributed by atoms with Crippen molar-refractivity contribution >= 4 is 23.2 Å². The van der Waals surface area contributed by atoms with E-state index in [0.29, 0.717) is 11.6 Å². The van der Waals surface area contributed by atoms with Gasteiger partial charge in [-0.2, -0.15) is 0 Å². The van der Waals surface area contributed by atoms with Crippen molar-refractivity contribution in [3.05, 3.63) is 53.3 Å². The summed E-state index contributed by atoms with van der Waals surface area (Å²) in [6.07, 6.45) is 3.85. The minimum absolute atomic E-state index is 0.0612. The SMILES string of the molecule is CNCc1ccn(CC(=O)Nc2ccc(Cl)cc2)c1. The average Bonchev–Trinajstić information content (AvgIpc) is 2.80. The number of hydrogen-bond acceptors (Lipinski definition) is 2. The van der Waals surface area contributed by atoms with Crippen molar-refractivity contribution in [2.45, 2.75) is 13.1 Å². The zero-order valence-electron chi connectivity index (χ0n) is 10.7. The third-order valence-corrected chi connectivity index (χ3v) is 2.90. The molecule has 0 bridgehead atoms. The van der Waals surface area contributed by atoms with Crippen molar-refractivity contribution < 1.29 is 4.79 Å². The van der Waals surface area contributed by atoms with Gasteiger partial charge in [-0.25, -0.2) is 0 Å². The molecule has 1 heterocycles. The third kappa shape index (κ3) is 4.12. The fourth-order valence-corrected chi connectivity index (χ4v) is 1.92. The highest BCUT2D eigenvalue weighted by molar-refractivity contribution is 6.30. The maximum atomic E-state index is 11.9. The molecule has 2 N–H and O–H groups in total. The second-order valence-electron chi connectivity index (χ2n) is 4.28. The number of nitrogens with one attached hydrogen (secondary N) is 2. The highest BCUT2D eigenvalue weighted by Crippen LogP contribution is 2.13. The molecule has 19 heavy (non-hydrogen) atoms. The maximum Gasteiger partial charge on any atom is 0.244 e. The summed E-state index contributed by atoms with van der Waals surface area (Å²) in [6, 6.07) is 9.05. The molecule has 1 aromatic heterocycles. The summed E-state index contributed by atoms with van der Waals surface area (Å²) in [5.74, 6) is -0.0612. The van der Waals surface area contributed by atoms with Crippen molar-refractivity contribution in [2.75, 3.05) is 12.4 Å². The third-order valence-electron chi connectivity index (χ3n) is 2.65. The lowest BCUT2D eigenvalue weighted by Gasteiger charge is -2.06. The Kier molecular flexibility index (Phi) is 4.60. The number of benzene rings is 1. The number of anilines is 1. The summed E-state index contributed by atoms with van der Waals surface area (Å²) in [7, 11) is 1.89. The van der Waals surface area contributed by atoms with Crippen molar-refractivity contribution in [3.8, 4) is 0 Å². The summed E-state index contributed by atoms with van der Waals surface area (Å²) in [4.78, 5) is 11.9. The Morgan fingerprint density at radius 1 is 1.26 bits per heavy atom. The number of nitrogens with zero attached hydrogens (tertiary/aromatic N) is 1. The zero-order chi connectivity index (χ0) is 13.7. The van der Waals surface area contributed by atoms with E-state index in [1.807, 2.05) is 30.1 Å². The van der Waals surface area contributed by atoms with Crippen LogP contribution in [0, 0.1) is 0 Å². The molecule has 100 valence electrons. The Bertz CT molecular complexity index is 548. The first-order chi connectivity index (χ1) is 9.17. The number of rotatable bonds is 5. The summed E-state index contributed by atoms with van der Waals surface area (Å²) < 4.78 is 1.86. The second-order valence-corrected chi connectivity index (χ2v) is 4.71. The molecule has 2 rings (SSSR count). The molecule has 0 unspecified atom stereocenters. The molecule has 2 aromatic rings. The van der Waals surface area contributed by atoms with Crippen molar-refractivity contribution in [2.24, 2.45) is 0 Å². The van der Waals surface area contributed by atoms with Gasteiger partial charge in [0.15, 0.2) is 0 Å². The fraction of sp³-hybridized carbons (Fsp3) is 0.214. The lowest BCUT2D eigenvalue weighted by Crippen LogP contribution is -2.17. The molecule has 0 fully saturated rings. The topological polar surface area (TPSA) is 46.1 Å². The smallest absolute Gasteiger partial charge is 0.244 e. The van der Waals surface area contributed by atoms with Gasteiger partial charge in [0.25, 0.3) is 0 Å². The Balaban J connectivity index is 1.91. The Morgan fingerprint density at radius 3 is 2.68 bits per heavy atom. The van der Waals surface area contributed by atoms with Gasteiger partial charge in [-0.05, 0) is 42.9 Å². The van der Waals surface area contributed by atoms with E-state index in [4.69, 9.17) is 11.6 Å². The van der Waals surface area contributed by atoms with E-state index in [2.05, 4.69) is 10.6 Å². The molecule has 0 radical (unpaired) electrons. The first-order valence-corrected chi connectivity index (χ1v) is 6.40. The summed E-state index contributed by atoms with van der Waals surface area (Å²) in [5.41, 5.74) is 1.90. The second kappa shape index (κ2) is 6.41. The van der Waals surface area contributed by atoms with E-state index in [-0.39, 0.29) is 5.91 Å². The van der Waals surface area contributed by atoms with Crippen molar-refractivity contribution in [1.82, 2.24) is 9.88 Å². The number of amides is 1. The Labute approximate surface area is 117 Å². The number of carbonyl (C=O) groups excluding carboxylic acids is 1. The van der Waals surface area contributed by atoms with Gasteiger partial charge in [-0.1, -0.05) is 11.6 Å². The first-order valence-electron chi connectivity index (χ1n) is 6.02. The molecular formula is C14H16ClN3O. The minimum Gasteiger partial charge on any atom is -0.345 e. The summed E-state index contributed by atoms with van der Waals surface area (Å²) >= 11 is 5.79. The van der Waals surface area contributed by atoms with Crippen LogP contribution in [0.1, 0.15) is 5.56 Å². The monoisotopic (exact) mass is 277 g/mol. The molecule has 4 nitrogen and oxygen atoms in total. The van der Waals surface area contributed by atoms with Crippen LogP contribution in [0.15, 0.2) is 42.7 Å². The van der Waals surface area contributed by atoms with E-state index in [9.17, 15) is 4.79 Å². The van der Waals surface area contributed by atoms with E-state index in [1.165, 1.54) is 0 Å².